The highest BCUT2D eigenvalue weighted by Crippen LogP contribution is 2.11. The van der Waals surface area contributed by atoms with E-state index in [1.165, 1.54) is 0 Å². The maximum absolute atomic E-state index is 11.1. The summed E-state index contributed by atoms with van der Waals surface area (Å²) in [5.74, 6) is 0.482. The van der Waals surface area contributed by atoms with Gasteiger partial charge in [0.15, 0.2) is 17.0 Å². The van der Waals surface area contributed by atoms with Gasteiger partial charge in [0, 0.05) is 6.54 Å². The van der Waals surface area contributed by atoms with Gasteiger partial charge in [0.2, 0.25) is 0 Å². The van der Waals surface area contributed by atoms with Crippen molar-refractivity contribution in [1.29, 1.82) is 0 Å². The Bertz CT molecular complexity index is 501. The summed E-state index contributed by atoms with van der Waals surface area (Å²) in [4.78, 5) is 17.4. The summed E-state index contributed by atoms with van der Waals surface area (Å²) in [6.07, 6.45) is 2.10. The minimum absolute atomic E-state index is 0.421. The molecular weight excluding hydrogens is 196 g/mol. The Labute approximate surface area is 85.3 Å². The number of H-pyrrole nitrogens is 2. The molecule has 3 N–H and O–H groups in total. The number of hydrogen-bond donors (Lipinski definition) is 3. The zero-order chi connectivity index (χ0) is 10.7. The fourth-order valence-corrected chi connectivity index (χ4v) is 1.27. The van der Waals surface area contributed by atoms with Crippen molar-refractivity contribution < 1.29 is 0 Å². The fraction of sp³-hybridized carbons (Fsp3) is 0.500. The third kappa shape index (κ3) is 1.95. The Hall–Kier alpha value is -1.92. The van der Waals surface area contributed by atoms with Crippen molar-refractivity contribution in [2.45, 2.75) is 19.8 Å². The van der Waals surface area contributed by atoms with E-state index >= 15 is 0 Å². The number of nitrogens with zero attached hydrogens (tertiary/aromatic N) is 3. The highest BCUT2D eigenvalue weighted by molar-refractivity contribution is 5.81. The first-order chi connectivity index (χ1) is 7.31. The number of rotatable bonds is 4. The smallest absolute Gasteiger partial charge is 0.348 e. The summed E-state index contributed by atoms with van der Waals surface area (Å²) in [5.41, 5.74) is 0.565. The standard InChI is InChI=1S/C8H12N6O/c1-2-3-4-9-6-5-7(13-14-12-5)11-8(15)10-6/h2-4H2,1H3,(H3,9,10,11,12,13,14,15). The van der Waals surface area contributed by atoms with Crippen LogP contribution in [-0.4, -0.2) is 31.9 Å². The van der Waals surface area contributed by atoms with Crippen LogP contribution in [0.3, 0.4) is 0 Å². The molecular formula is C8H12N6O. The summed E-state index contributed by atoms with van der Waals surface area (Å²) in [6.45, 7) is 2.87. The fourth-order valence-electron chi connectivity index (χ4n) is 1.27. The van der Waals surface area contributed by atoms with E-state index in [-0.39, 0.29) is 0 Å². The van der Waals surface area contributed by atoms with Crippen molar-refractivity contribution in [1.82, 2.24) is 25.4 Å². The highest BCUT2D eigenvalue weighted by atomic mass is 16.1. The first kappa shape index (κ1) is 9.63. The van der Waals surface area contributed by atoms with Gasteiger partial charge < -0.3 is 5.32 Å². The average molecular weight is 208 g/mol. The Morgan fingerprint density at radius 1 is 1.40 bits per heavy atom. The van der Waals surface area contributed by atoms with Crippen LogP contribution in [0.25, 0.3) is 11.2 Å². The van der Waals surface area contributed by atoms with Crippen molar-refractivity contribution >= 4 is 17.0 Å². The van der Waals surface area contributed by atoms with Crippen molar-refractivity contribution in [3.63, 3.8) is 0 Å². The van der Waals surface area contributed by atoms with E-state index in [1.807, 2.05) is 0 Å². The highest BCUT2D eigenvalue weighted by Gasteiger charge is 2.07. The second kappa shape index (κ2) is 4.07. The molecule has 0 aromatic carbocycles. The lowest BCUT2D eigenvalue weighted by Crippen LogP contribution is -2.14. The molecule has 2 aromatic heterocycles. The number of anilines is 1. The van der Waals surface area contributed by atoms with Crippen molar-refractivity contribution in [3.8, 4) is 0 Å². The van der Waals surface area contributed by atoms with Crippen LogP contribution in [0.5, 0.6) is 0 Å². The normalized spacial score (nSPS) is 10.7. The van der Waals surface area contributed by atoms with E-state index in [0.29, 0.717) is 17.0 Å². The van der Waals surface area contributed by atoms with Gasteiger partial charge in [0.25, 0.3) is 0 Å². The van der Waals surface area contributed by atoms with Gasteiger partial charge in [-0.15, -0.1) is 5.10 Å². The molecule has 0 saturated heterocycles. The molecule has 0 amide bonds. The predicted octanol–water partition coefficient (Wildman–Crippen LogP) is 0.253. The van der Waals surface area contributed by atoms with Crippen LogP contribution in [0.2, 0.25) is 0 Å². The zero-order valence-electron chi connectivity index (χ0n) is 8.37. The molecule has 2 aromatic rings. The summed E-state index contributed by atoms with van der Waals surface area (Å²) >= 11 is 0. The van der Waals surface area contributed by atoms with Gasteiger partial charge in [-0.25, -0.2) is 4.79 Å². The third-order valence-electron chi connectivity index (χ3n) is 2.03. The van der Waals surface area contributed by atoms with Crippen LogP contribution in [0.15, 0.2) is 4.79 Å². The molecule has 0 atom stereocenters. The second-order valence-corrected chi connectivity index (χ2v) is 3.19. The monoisotopic (exact) mass is 208 g/mol. The third-order valence-corrected chi connectivity index (χ3v) is 2.03. The molecule has 2 rings (SSSR count). The molecule has 7 nitrogen and oxygen atoms in total. The minimum atomic E-state index is -0.421. The quantitative estimate of drug-likeness (QED) is 0.625. The maximum atomic E-state index is 11.1. The molecule has 0 fully saturated rings. The van der Waals surface area contributed by atoms with Crippen LogP contribution in [0.1, 0.15) is 19.8 Å². The molecule has 80 valence electrons. The molecule has 0 spiro atoms. The molecule has 0 aliphatic heterocycles. The van der Waals surface area contributed by atoms with Crippen LogP contribution in [0, 0.1) is 0 Å². The summed E-state index contributed by atoms with van der Waals surface area (Å²) in [5, 5.41) is 13.2. The lowest BCUT2D eigenvalue weighted by molar-refractivity contribution is 0.830. The van der Waals surface area contributed by atoms with Crippen LogP contribution in [0.4, 0.5) is 5.82 Å². The van der Waals surface area contributed by atoms with Crippen molar-refractivity contribution in [3.05, 3.63) is 10.5 Å². The first-order valence-electron chi connectivity index (χ1n) is 4.86. The summed E-state index contributed by atoms with van der Waals surface area (Å²) < 4.78 is 0. The molecule has 0 aliphatic rings. The van der Waals surface area contributed by atoms with Crippen LogP contribution < -0.4 is 11.0 Å². The van der Waals surface area contributed by atoms with E-state index < -0.39 is 5.69 Å². The Morgan fingerprint density at radius 2 is 2.27 bits per heavy atom. The van der Waals surface area contributed by atoms with Gasteiger partial charge in [0.1, 0.15) is 0 Å². The number of fused-ring (bicyclic) bond motifs is 1. The molecule has 2 heterocycles. The zero-order valence-corrected chi connectivity index (χ0v) is 8.37. The van der Waals surface area contributed by atoms with Crippen molar-refractivity contribution in [2.75, 3.05) is 11.9 Å². The molecule has 7 heteroatoms. The first-order valence-corrected chi connectivity index (χ1v) is 4.86. The minimum Gasteiger partial charge on any atom is -0.368 e. The Kier molecular flexibility index (Phi) is 2.61. The number of aromatic amines is 2. The molecule has 0 aliphatic carbocycles. The second-order valence-electron chi connectivity index (χ2n) is 3.19. The molecule has 0 radical (unpaired) electrons. The summed E-state index contributed by atoms with van der Waals surface area (Å²) in [6, 6.07) is 0. The van der Waals surface area contributed by atoms with E-state index in [0.717, 1.165) is 19.4 Å². The van der Waals surface area contributed by atoms with Gasteiger partial charge in [-0.2, -0.15) is 15.3 Å². The van der Waals surface area contributed by atoms with E-state index in [9.17, 15) is 4.79 Å². The van der Waals surface area contributed by atoms with Gasteiger partial charge in [0.05, 0.1) is 0 Å². The van der Waals surface area contributed by atoms with Crippen LogP contribution in [-0.2, 0) is 0 Å². The summed E-state index contributed by atoms with van der Waals surface area (Å²) in [7, 11) is 0. The topological polar surface area (TPSA) is 99.4 Å². The SMILES string of the molecule is CCCCNc1nc(=O)[nH]c2n[nH]nc12. The largest absolute Gasteiger partial charge is 0.368 e. The van der Waals surface area contributed by atoms with Crippen LogP contribution >= 0.6 is 0 Å². The molecule has 0 unspecified atom stereocenters. The van der Waals surface area contributed by atoms with Gasteiger partial charge >= 0.3 is 5.69 Å². The molecule has 0 bridgehead atoms. The molecule has 15 heavy (non-hydrogen) atoms. The number of hydrogen-bond acceptors (Lipinski definition) is 5. The van der Waals surface area contributed by atoms with Gasteiger partial charge in [-0.1, -0.05) is 13.3 Å². The van der Waals surface area contributed by atoms with E-state index in [2.05, 4.69) is 37.6 Å². The lowest BCUT2D eigenvalue weighted by atomic mass is 10.3. The number of aromatic nitrogens is 5. The predicted molar refractivity (Wildman–Crippen MR) is 55.7 cm³/mol. The van der Waals surface area contributed by atoms with E-state index in [4.69, 9.17) is 0 Å². The average Bonchev–Trinajstić information content (AvgIpc) is 2.65. The Morgan fingerprint density at radius 3 is 3.07 bits per heavy atom. The van der Waals surface area contributed by atoms with Crippen molar-refractivity contribution in [2.24, 2.45) is 0 Å². The maximum Gasteiger partial charge on any atom is 0.348 e. The number of nitrogens with one attached hydrogen (secondary N) is 3. The van der Waals surface area contributed by atoms with Gasteiger partial charge in [-0.05, 0) is 6.42 Å². The number of unbranched alkanes of at least 4 members (excludes halogenated alkanes) is 1. The molecule has 0 saturated carbocycles. The van der Waals surface area contributed by atoms with Gasteiger partial charge in [-0.3, -0.25) is 4.98 Å². The lowest BCUT2D eigenvalue weighted by Gasteiger charge is -2.02. The van der Waals surface area contributed by atoms with E-state index in [1.54, 1.807) is 0 Å². The Balaban J connectivity index is 2.32.